The van der Waals surface area contributed by atoms with Crippen molar-refractivity contribution in [2.75, 3.05) is 6.54 Å². The first-order valence-corrected chi connectivity index (χ1v) is 12.1. The average Bonchev–Trinajstić information content (AvgIpc) is 3.55. The number of carbonyl (C=O) groups is 2. The summed E-state index contributed by atoms with van der Waals surface area (Å²) in [7, 11) is 0. The van der Waals surface area contributed by atoms with Gasteiger partial charge in [0.2, 0.25) is 0 Å². The standard InChI is InChI=1S/C26H25N5O5/c1-2-26(35)18-10-21-22-16(12-31(21)24(33)17(18)13-36-25(26)34)15(14-6-3-4-7-19(14)29-22)11-28-30-23(32)20-8-5-9-27-20/h3-4,6-7,10-11,20,27,35H,2,5,8-9,12-13H2,1H3,(H,30,32)/b28-11-/t20?,26-/m0/s1. The fraction of sp³-hybridized carbons (Fsp3) is 0.346. The first-order chi connectivity index (χ1) is 17.4. The highest BCUT2D eigenvalue weighted by Crippen LogP contribution is 2.39. The average molecular weight is 488 g/mol. The Bertz CT molecular complexity index is 1520. The van der Waals surface area contributed by atoms with Crippen LogP contribution >= 0.6 is 0 Å². The number of fused-ring (bicyclic) bond motifs is 5. The lowest BCUT2D eigenvalue weighted by molar-refractivity contribution is -0.172. The van der Waals surface area contributed by atoms with Crippen LogP contribution in [0, 0.1) is 0 Å². The van der Waals surface area contributed by atoms with Crippen LogP contribution in [-0.4, -0.2) is 45.3 Å². The predicted molar refractivity (Wildman–Crippen MR) is 131 cm³/mol. The van der Waals surface area contributed by atoms with Crippen LogP contribution in [-0.2, 0) is 33.1 Å². The molecule has 1 saturated heterocycles. The van der Waals surface area contributed by atoms with Crippen molar-refractivity contribution >= 4 is 29.0 Å². The van der Waals surface area contributed by atoms with E-state index in [2.05, 4.69) is 15.8 Å². The number of pyridine rings is 2. The van der Waals surface area contributed by atoms with Gasteiger partial charge < -0.3 is 19.7 Å². The number of hydrogen-bond donors (Lipinski definition) is 3. The third-order valence-electron chi connectivity index (χ3n) is 7.38. The summed E-state index contributed by atoms with van der Waals surface area (Å²) in [5.74, 6) is -0.943. The summed E-state index contributed by atoms with van der Waals surface area (Å²) in [5, 5.41) is 19.3. The Morgan fingerprint density at radius 3 is 2.97 bits per heavy atom. The van der Waals surface area contributed by atoms with E-state index in [1.165, 1.54) is 0 Å². The van der Waals surface area contributed by atoms with Crippen molar-refractivity contribution in [2.24, 2.45) is 5.10 Å². The van der Waals surface area contributed by atoms with E-state index in [9.17, 15) is 19.5 Å². The highest BCUT2D eigenvalue weighted by atomic mass is 16.6. The molecule has 3 aromatic rings. The van der Waals surface area contributed by atoms with E-state index >= 15 is 0 Å². The third-order valence-corrected chi connectivity index (χ3v) is 7.38. The Morgan fingerprint density at radius 2 is 2.19 bits per heavy atom. The predicted octanol–water partition coefficient (Wildman–Crippen LogP) is 1.28. The van der Waals surface area contributed by atoms with Crippen LogP contribution in [0.4, 0.5) is 0 Å². The fourth-order valence-corrected chi connectivity index (χ4v) is 5.35. The minimum Gasteiger partial charge on any atom is -0.458 e. The third kappa shape index (κ3) is 3.29. The Kier molecular flexibility index (Phi) is 5.24. The van der Waals surface area contributed by atoms with Crippen LogP contribution in [0.1, 0.15) is 48.4 Å². The topological polar surface area (TPSA) is 135 Å². The number of benzene rings is 1. The molecule has 3 aliphatic rings. The van der Waals surface area contributed by atoms with E-state index in [-0.39, 0.29) is 48.2 Å². The van der Waals surface area contributed by atoms with Gasteiger partial charge in [-0.25, -0.2) is 15.2 Å². The SMILES string of the molecule is CC[C@@]1(O)C(=O)OCc2c1cc1n(c2=O)Cc2c-1nc1ccccc1c2/C=N\NC(=O)C1CCCN1. The zero-order valence-electron chi connectivity index (χ0n) is 19.7. The number of para-hydroxylation sites is 1. The molecule has 5 heterocycles. The van der Waals surface area contributed by atoms with Crippen LogP contribution in [0.5, 0.6) is 0 Å². The maximum absolute atomic E-state index is 13.5. The number of aliphatic hydroxyl groups is 1. The Hall–Kier alpha value is -3.89. The van der Waals surface area contributed by atoms with Crippen LogP contribution in [0.3, 0.4) is 0 Å². The molecular formula is C26H25N5O5. The van der Waals surface area contributed by atoms with E-state index in [0.717, 1.165) is 35.9 Å². The number of aromatic nitrogens is 2. The van der Waals surface area contributed by atoms with Crippen molar-refractivity contribution in [3.8, 4) is 11.4 Å². The first-order valence-electron chi connectivity index (χ1n) is 12.1. The molecular weight excluding hydrogens is 462 g/mol. The maximum Gasteiger partial charge on any atom is 0.343 e. The number of nitrogens with one attached hydrogen (secondary N) is 2. The molecule has 2 aromatic heterocycles. The number of carbonyl (C=O) groups excluding carboxylic acids is 2. The molecule has 36 heavy (non-hydrogen) atoms. The lowest BCUT2D eigenvalue weighted by Crippen LogP contribution is -2.44. The number of hydrazone groups is 1. The largest absolute Gasteiger partial charge is 0.458 e. The minimum absolute atomic E-state index is 0.0766. The van der Waals surface area contributed by atoms with Gasteiger partial charge in [0.1, 0.15) is 6.61 Å². The molecule has 184 valence electrons. The van der Waals surface area contributed by atoms with Crippen molar-refractivity contribution in [1.29, 1.82) is 0 Å². The monoisotopic (exact) mass is 487 g/mol. The number of ether oxygens (including phenoxy) is 1. The molecule has 10 nitrogen and oxygen atoms in total. The second kappa shape index (κ2) is 8.35. The van der Waals surface area contributed by atoms with E-state index in [4.69, 9.17) is 9.72 Å². The number of cyclic esters (lactones) is 1. The summed E-state index contributed by atoms with van der Waals surface area (Å²) in [6.07, 6.45) is 3.40. The van der Waals surface area contributed by atoms with Crippen molar-refractivity contribution in [1.82, 2.24) is 20.3 Å². The molecule has 6 rings (SSSR count). The molecule has 10 heteroatoms. The molecule has 0 spiro atoms. The van der Waals surface area contributed by atoms with Crippen molar-refractivity contribution in [3.63, 3.8) is 0 Å². The van der Waals surface area contributed by atoms with Crippen molar-refractivity contribution in [3.05, 3.63) is 62.9 Å². The summed E-state index contributed by atoms with van der Waals surface area (Å²) < 4.78 is 6.73. The van der Waals surface area contributed by atoms with Crippen LogP contribution in [0.2, 0.25) is 0 Å². The Balaban J connectivity index is 1.48. The van der Waals surface area contributed by atoms with E-state index in [1.807, 2.05) is 24.3 Å². The zero-order chi connectivity index (χ0) is 25.0. The van der Waals surface area contributed by atoms with Gasteiger partial charge in [0.25, 0.3) is 11.5 Å². The summed E-state index contributed by atoms with van der Waals surface area (Å²) in [6, 6.07) is 8.99. The van der Waals surface area contributed by atoms with Crippen LogP contribution in [0.15, 0.2) is 40.2 Å². The molecule has 1 amide bonds. The molecule has 1 aromatic carbocycles. The smallest absolute Gasteiger partial charge is 0.343 e. The zero-order valence-corrected chi connectivity index (χ0v) is 19.7. The summed E-state index contributed by atoms with van der Waals surface area (Å²) >= 11 is 0. The minimum atomic E-state index is -1.88. The normalized spacial score (nSPS) is 22.4. The number of amides is 1. The summed E-state index contributed by atoms with van der Waals surface area (Å²) in [5.41, 5.74) is 4.27. The molecule has 0 bridgehead atoms. The summed E-state index contributed by atoms with van der Waals surface area (Å²) in [4.78, 5) is 43.1. The van der Waals surface area contributed by atoms with Gasteiger partial charge in [-0.3, -0.25) is 9.59 Å². The number of rotatable bonds is 4. The summed E-state index contributed by atoms with van der Waals surface area (Å²) in [6.45, 7) is 2.54. The lowest BCUT2D eigenvalue weighted by atomic mass is 9.86. The molecule has 0 saturated carbocycles. The van der Waals surface area contributed by atoms with Crippen molar-refractivity contribution < 1.29 is 19.4 Å². The van der Waals surface area contributed by atoms with Crippen LogP contribution < -0.4 is 16.3 Å². The fourth-order valence-electron chi connectivity index (χ4n) is 5.35. The van der Waals surface area contributed by atoms with E-state index in [0.29, 0.717) is 16.9 Å². The van der Waals surface area contributed by atoms with Gasteiger partial charge in [-0.1, -0.05) is 25.1 Å². The highest BCUT2D eigenvalue weighted by Gasteiger charge is 2.45. The molecule has 2 atom stereocenters. The number of hydrogen-bond acceptors (Lipinski definition) is 8. The quantitative estimate of drug-likeness (QED) is 0.224. The number of esters is 1. The molecule has 0 radical (unpaired) electrons. The lowest BCUT2D eigenvalue weighted by Gasteiger charge is -2.31. The number of nitrogens with zero attached hydrogens (tertiary/aromatic N) is 3. The Morgan fingerprint density at radius 1 is 1.36 bits per heavy atom. The van der Waals surface area contributed by atoms with Gasteiger partial charge in [0.05, 0.1) is 41.3 Å². The van der Waals surface area contributed by atoms with E-state index in [1.54, 1.807) is 23.8 Å². The molecule has 1 fully saturated rings. The molecule has 3 N–H and O–H groups in total. The Labute approximate surface area is 206 Å². The highest BCUT2D eigenvalue weighted by molar-refractivity contribution is 6.02. The molecule has 0 aliphatic carbocycles. The molecule has 3 aliphatic heterocycles. The van der Waals surface area contributed by atoms with Gasteiger partial charge in [0, 0.05) is 22.1 Å². The maximum atomic E-state index is 13.5. The van der Waals surface area contributed by atoms with Gasteiger partial charge in [-0.2, -0.15) is 5.10 Å². The first kappa shape index (κ1) is 22.6. The van der Waals surface area contributed by atoms with Crippen molar-refractivity contribution in [2.45, 2.75) is 51.0 Å². The van der Waals surface area contributed by atoms with Gasteiger partial charge in [-0.05, 0) is 37.9 Å². The molecule has 1 unspecified atom stereocenters. The van der Waals surface area contributed by atoms with Crippen LogP contribution in [0.25, 0.3) is 22.3 Å². The second-order valence-corrected chi connectivity index (χ2v) is 9.36. The van der Waals surface area contributed by atoms with E-state index < -0.39 is 11.6 Å². The van der Waals surface area contributed by atoms with Gasteiger partial charge in [0.15, 0.2) is 5.60 Å². The van der Waals surface area contributed by atoms with Gasteiger partial charge in [-0.15, -0.1) is 0 Å². The second-order valence-electron chi connectivity index (χ2n) is 9.36. The van der Waals surface area contributed by atoms with Gasteiger partial charge >= 0.3 is 5.97 Å².